The lowest BCUT2D eigenvalue weighted by molar-refractivity contribution is -0.384. The molecule has 0 saturated carbocycles. The number of cyclic esters (lactones) is 1. The number of nitro groups is 1. The van der Waals surface area contributed by atoms with E-state index in [2.05, 4.69) is 12.0 Å². The summed E-state index contributed by atoms with van der Waals surface area (Å²) in [6.45, 7) is 0.294. The van der Waals surface area contributed by atoms with Crippen LogP contribution in [-0.4, -0.2) is 28.6 Å². The second-order valence-electron chi connectivity index (χ2n) is 5.33. The van der Waals surface area contributed by atoms with Gasteiger partial charge < -0.3 is 4.74 Å². The Morgan fingerprint density at radius 3 is 2.54 bits per heavy atom. The van der Waals surface area contributed by atoms with Gasteiger partial charge in [-0.3, -0.25) is 10.1 Å². The SMILES string of the molecule is O=C1OC[C@H](Cc2ccccc2)N1C#Cc1ccc([N+](=O)[O-])cc1. The number of benzene rings is 2. The average molecular weight is 322 g/mol. The lowest BCUT2D eigenvalue weighted by Crippen LogP contribution is -2.30. The second kappa shape index (κ2) is 6.84. The van der Waals surface area contributed by atoms with E-state index in [1.807, 2.05) is 30.3 Å². The highest BCUT2D eigenvalue weighted by atomic mass is 16.6. The molecule has 0 N–H and O–H groups in total. The van der Waals surface area contributed by atoms with Gasteiger partial charge in [0.05, 0.1) is 11.0 Å². The van der Waals surface area contributed by atoms with Gasteiger partial charge >= 0.3 is 6.09 Å². The van der Waals surface area contributed by atoms with Crippen molar-refractivity contribution >= 4 is 11.8 Å². The van der Waals surface area contributed by atoms with Crippen LogP contribution in [0.4, 0.5) is 10.5 Å². The number of nitro benzene ring substituents is 1. The van der Waals surface area contributed by atoms with Crippen LogP contribution in [0.3, 0.4) is 0 Å². The summed E-state index contributed by atoms with van der Waals surface area (Å²) < 4.78 is 5.08. The number of carbonyl (C=O) groups is 1. The molecule has 24 heavy (non-hydrogen) atoms. The van der Waals surface area contributed by atoms with E-state index in [4.69, 9.17) is 4.74 Å². The van der Waals surface area contributed by atoms with E-state index in [1.54, 1.807) is 12.1 Å². The van der Waals surface area contributed by atoms with Gasteiger partial charge in [-0.1, -0.05) is 30.3 Å². The molecule has 2 aromatic carbocycles. The number of hydrogen-bond donors (Lipinski definition) is 0. The first kappa shape index (κ1) is 15.6. The van der Waals surface area contributed by atoms with Gasteiger partial charge in [0.25, 0.3) is 5.69 Å². The van der Waals surface area contributed by atoms with E-state index < -0.39 is 11.0 Å². The van der Waals surface area contributed by atoms with Crippen molar-refractivity contribution in [1.82, 2.24) is 4.90 Å². The first-order valence-corrected chi connectivity index (χ1v) is 7.39. The summed E-state index contributed by atoms with van der Waals surface area (Å²) in [5, 5.41) is 10.6. The summed E-state index contributed by atoms with van der Waals surface area (Å²) in [6.07, 6.45) is 0.187. The molecular weight excluding hydrogens is 308 g/mol. The average Bonchev–Trinajstić information content (AvgIpc) is 2.94. The summed E-state index contributed by atoms with van der Waals surface area (Å²) in [4.78, 5) is 23.4. The van der Waals surface area contributed by atoms with E-state index in [0.717, 1.165) is 5.56 Å². The summed E-state index contributed by atoms with van der Waals surface area (Å²) >= 11 is 0. The van der Waals surface area contributed by atoms with Crippen LogP contribution < -0.4 is 0 Å². The van der Waals surface area contributed by atoms with E-state index in [-0.39, 0.29) is 11.7 Å². The molecule has 0 bridgehead atoms. The van der Waals surface area contributed by atoms with Crippen molar-refractivity contribution in [3.63, 3.8) is 0 Å². The van der Waals surface area contributed by atoms with Crippen molar-refractivity contribution in [3.8, 4) is 12.0 Å². The van der Waals surface area contributed by atoms with Crippen molar-refractivity contribution in [2.45, 2.75) is 12.5 Å². The quantitative estimate of drug-likeness (QED) is 0.495. The molecule has 0 spiro atoms. The van der Waals surface area contributed by atoms with Gasteiger partial charge in [0, 0.05) is 23.7 Å². The summed E-state index contributed by atoms with van der Waals surface area (Å²) in [5.41, 5.74) is 1.70. The fraction of sp³-hybridized carbons (Fsp3) is 0.167. The molecule has 3 rings (SSSR count). The number of carbonyl (C=O) groups excluding carboxylic acids is 1. The fourth-order valence-electron chi connectivity index (χ4n) is 2.43. The highest BCUT2D eigenvalue weighted by molar-refractivity contribution is 5.72. The first-order valence-electron chi connectivity index (χ1n) is 7.39. The Hall–Kier alpha value is -3.33. The Morgan fingerprint density at radius 2 is 1.88 bits per heavy atom. The zero-order valence-electron chi connectivity index (χ0n) is 12.7. The Bertz CT molecular complexity index is 806. The van der Waals surface area contributed by atoms with Crippen LogP contribution in [0.25, 0.3) is 0 Å². The van der Waals surface area contributed by atoms with Crippen LogP contribution in [0.15, 0.2) is 54.6 Å². The number of non-ortho nitro benzene ring substituents is 1. The molecule has 1 saturated heterocycles. The largest absolute Gasteiger partial charge is 0.446 e. The molecule has 1 atom stereocenters. The highest BCUT2D eigenvalue weighted by Crippen LogP contribution is 2.17. The Balaban J connectivity index is 1.74. The van der Waals surface area contributed by atoms with Gasteiger partial charge in [-0.2, -0.15) is 0 Å². The smallest absolute Gasteiger partial charge is 0.422 e. The molecule has 2 aromatic rings. The van der Waals surface area contributed by atoms with E-state index in [0.29, 0.717) is 18.6 Å². The maximum atomic E-state index is 11.9. The molecule has 0 aliphatic carbocycles. The lowest BCUT2D eigenvalue weighted by atomic mass is 10.1. The van der Waals surface area contributed by atoms with E-state index in [1.165, 1.54) is 17.0 Å². The Kier molecular flexibility index (Phi) is 4.43. The monoisotopic (exact) mass is 322 g/mol. The number of ether oxygens (including phenoxy) is 1. The predicted molar refractivity (Wildman–Crippen MR) is 87.1 cm³/mol. The minimum atomic E-state index is -0.467. The van der Waals surface area contributed by atoms with Gasteiger partial charge in [-0.05, 0) is 30.0 Å². The Labute approximate surface area is 138 Å². The third-order valence-corrected chi connectivity index (χ3v) is 3.67. The van der Waals surface area contributed by atoms with Gasteiger partial charge in [0.2, 0.25) is 0 Å². The first-order chi connectivity index (χ1) is 11.6. The molecule has 1 aliphatic rings. The molecule has 1 amide bonds. The molecule has 0 unspecified atom stereocenters. The van der Waals surface area contributed by atoms with Crippen molar-refractivity contribution in [2.24, 2.45) is 0 Å². The van der Waals surface area contributed by atoms with Crippen molar-refractivity contribution in [1.29, 1.82) is 0 Å². The molecule has 1 fully saturated rings. The van der Waals surface area contributed by atoms with Crippen LogP contribution in [-0.2, 0) is 11.2 Å². The van der Waals surface area contributed by atoms with E-state index >= 15 is 0 Å². The Morgan fingerprint density at radius 1 is 1.17 bits per heavy atom. The summed E-state index contributed by atoms with van der Waals surface area (Å²) in [6, 6.07) is 18.3. The number of rotatable bonds is 3. The van der Waals surface area contributed by atoms with Crippen LogP contribution in [0.1, 0.15) is 11.1 Å². The van der Waals surface area contributed by atoms with Crippen LogP contribution in [0.5, 0.6) is 0 Å². The highest BCUT2D eigenvalue weighted by Gasteiger charge is 2.32. The summed E-state index contributed by atoms with van der Waals surface area (Å²) in [5.74, 6) is 2.85. The van der Waals surface area contributed by atoms with Crippen LogP contribution in [0.2, 0.25) is 0 Å². The number of nitrogens with zero attached hydrogens (tertiary/aromatic N) is 2. The lowest BCUT2D eigenvalue weighted by Gasteiger charge is -2.14. The number of hydrogen-bond acceptors (Lipinski definition) is 4. The summed E-state index contributed by atoms with van der Waals surface area (Å²) in [7, 11) is 0. The predicted octanol–water partition coefficient (Wildman–Crippen LogP) is 2.97. The molecule has 120 valence electrons. The molecule has 1 aliphatic heterocycles. The zero-order valence-corrected chi connectivity index (χ0v) is 12.7. The fourth-order valence-corrected chi connectivity index (χ4v) is 2.43. The third-order valence-electron chi connectivity index (χ3n) is 3.67. The zero-order chi connectivity index (χ0) is 16.9. The van der Waals surface area contributed by atoms with Gasteiger partial charge in [0.1, 0.15) is 6.61 Å². The molecule has 0 aromatic heterocycles. The maximum absolute atomic E-state index is 11.9. The molecule has 6 nitrogen and oxygen atoms in total. The second-order valence-corrected chi connectivity index (χ2v) is 5.33. The standard InChI is InChI=1S/C18H14N2O4/c21-18-19(11-10-14-6-8-16(9-7-14)20(22)23)17(13-24-18)12-15-4-2-1-3-5-15/h1-9,17H,12-13H2/t17-/m0/s1. The molecule has 6 heteroatoms. The van der Waals surface area contributed by atoms with Gasteiger partial charge in [-0.15, -0.1) is 0 Å². The van der Waals surface area contributed by atoms with Gasteiger partial charge in [0.15, 0.2) is 0 Å². The van der Waals surface area contributed by atoms with Crippen molar-refractivity contribution in [3.05, 3.63) is 75.8 Å². The van der Waals surface area contributed by atoms with E-state index in [9.17, 15) is 14.9 Å². The van der Waals surface area contributed by atoms with Crippen molar-refractivity contribution in [2.75, 3.05) is 6.61 Å². The minimum absolute atomic E-state index is 0.00286. The van der Waals surface area contributed by atoms with Crippen LogP contribution in [0, 0.1) is 22.1 Å². The normalized spacial score (nSPS) is 16.2. The number of amides is 1. The maximum Gasteiger partial charge on any atom is 0.422 e. The topological polar surface area (TPSA) is 72.7 Å². The van der Waals surface area contributed by atoms with Crippen LogP contribution >= 0.6 is 0 Å². The minimum Gasteiger partial charge on any atom is -0.446 e. The van der Waals surface area contributed by atoms with Crippen molar-refractivity contribution < 1.29 is 14.5 Å². The van der Waals surface area contributed by atoms with Gasteiger partial charge in [-0.25, -0.2) is 9.69 Å². The molecule has 1 heterocycles. The molecule has 0 radical (unpaired) electrons. The molecular formula is C18H14N2O4. The third kappa shape index (κ3) is 3.52.